The maximum atomic E-state index is 13.3. The topological polar surface area (TPSA) is 42.2 Å². The fourth-order valence-corrected chi connectivity index (χ4v) is 1.80. The molecule has 4 heteroatoms. The molecule has 0 aliphatic heterocycles. The second-order valence-electron chi connectivity index (χ2n) is 3.94. The van der Waals surface area contributed by atoms with E-state index < -0.39 is 5.82 Å². The third-order valence-electron chi connectivity index (χ3n) is 2.71. The summed E-state index contributed by atoms with van der Waals surface area (Å²) < 4.78 is 18.3. The van der Waals surface area contributed by atoms with Gasteiger partial charge in [-0.3, -0.25) is 4.79 Å². The number of furan rings is 1. The lowest BCUT2D eigenvalue weighted by Gasteiger charge is -2.10. The summed E-state index contributed by atoms with van der Waals surface area (Å²) >= 11 is 0. The summed E-state index contributed by atoms with van der Waals surface area (Å²) in [6, 6.07) is 4.53. The van der Waals surface area contributed by atoms with Crippen molar-refractivity contribution in [1.82, 2.24) is 5.32 Å². The van der Waals surface area contributed by atoms with Gasteiger partial charge in [0, 0.05) is 5.56 Å². The van der Waals surface area contributed by atoms with Crippen molar-refractivity contribution in [2.45, 2.75) is 19.9 Å². The minimum Gasteiger partial charge on any atom is -0.461 e. The van der Waals surface area contributed by atoms with Crippen molar-refractivity contribution in [3.05, 3.63) is 35.8 Å². The van der Waals surface area contributed by atoms with Crippen molar-refractivity contribution in [1.29, 1.82) is 0 Å². The number of benzene rings is 1. The van der Waals surface area contributed by atoms with E-state index in [9.17, 15) is 9.18 Å². The largest absolute Gasteiger partial charge is 0.461 e. The molecule has 17 heavy (non-hydrogen) atoms. The lowest BCUT2D eigenvalue weighted by Crippen LogP contribution is -2.33. The first kappa shape index (κ1) is 11.8. The lowest BCUT2D eigenvalue weighted by molar-refractivity contribution is 0.0952. The molecule has 0 amide bonds. The second-order valence-corrected chi connectivity index (χ2v) is 3.94. The molecule has 1 atom stereocenters. The van der Waals surface area contributed by atoms with Crippen LogP contribution in [-0.4, -0.2) is 18.4 Å². The van der Waals surface area contributed by atoms with Crippen molar-refractivity contribution in [2.75, 3.05) is 6.54 Å². The van der Waals surface area contributed by atoms with Gasteiger partial charge in [0.15, 0.2) is 11.6 Å². The van der Waals surface area contributed by atoms with E-state index in [0.717, 1.165) is 12.8 Å². The molecule has 90 valence electrons. The van der Waals surface area contributed by atoms with Crippen LogP contribution in [0.3, 0.4) is 0 Å². The van der Waals surface area contributed by atoms with Crippen molar-refractivity contribution in [2.24, 2.45) is 0 Å². The third kappa shape index (κ3) is 2.22. The zero-order chi connectivity index (χ0) is 12.4. The highest BCUT2D eigenvalue weighted by Gasteiger charge is 2.15. The first-order valence-corrected chi connectivity index (χ1v) is 5.58. The predicted octanol–water partition coefficient (Wildman–Crippen LogP) is 2.75. The molecule has 2 rings (SSSR count). The fourth-order valence-electron chi connectivity index (χ4n) is 1.80. The van der Waals surface area contributed by atoms with Gasteiger partial charge in [-0.15, -0.1) is 0 Å². The number of halogens is 1. The van der Waals surface area contributed by atoms with Gasteiger partial charge in [-0.1, -0.05) is 6.92 Å². The van der Waals surface area contributed by atoms with E-state index in [-0.39, 0.29) is 11.8 Å². The number of carbonyl (C=O) groups is 1. The average Bonchev–Trinajstić information content (AvgIpc) is 2.70. The Balaban J connectivity index is 2.35. The highest BCUT2D eigenvalue weighted by Crippen LogP contribution is 2.21. The number of rotatable bonds is 4. The summed E-state index contributed by atoms with van der Waals surface area (Å²) in [7, 11) is 0. The molecule has 0 unspecified atom stereocenters. The Morgan fingerprint density at radius 1 is 1.53 bits per heavy atom. The first-order chi connectivity index (χ1) is 8.13. The van der Waals surface area contributed by atoms with E-state index in [2.05, 4.69) is 5.32 Å². The van der Waals surface area contributed by atoms with Crippen molar-refractivity contribution in [3.63, 3.8) is 0 Å². The van der Waals surface area contributed by atoms with E-state index in [1.807, 2.05) is 6.92 Å². The normalized spacial score (nSPS) is 12.9. The van der Waals surface area contributed by atoms with Crippen LogP contribution >= 0.6 is 0 Å². The molecule has 1 N–H and O–H groups in total. The highest BCUT2D eigenvalue weighted by atomic mass is 19.1. The number of hydrogen-bond donors (Lipinski definition) is 1. The van der Waals surface area contributed by atoms with Gasteiger partial charge in [0.2, 0.25) is 0 Å². The van der Waals surface area contributed by atoms with Gasteiger partial charge in [-0.2, -0.15) is 0 Å². The molecule has 0 fully saturated rings. The fraction of sp³-hybridized carbons (Fsp3) is 0.308. The predicted molar refractivity (Wildman–Crippen MR) is 63.6 cm³/mol. The van der Waals surface area contributed by atoms with Crippen LogP contribution in [0.2, 0.25) is 0 Å². The molecule has 0 saturated heterocycles. The van der Waals surface area contributed by atoms with Gasteiger partial charge < -0.3 is 9.73 Å². The Hall–Kier alpha value is -1.68. The average molecular weight is 235 g/mol. The van der Waals surface area contributed by atoms with Crippen LogP contribution < -0.4 is 5.32 Å². The molecule has 0 bridgehead atoms. The monoisotopic (exact) mass is 235 g/mol. The molecule has 0 saturated carbocycles. The van der Waals surface area contributed by atoms with E-state index >= 15 is 0 Å². The maximum Gasteiger partial charge on any atom is 0.179 e. The molecular weight excluding hydrogens is 221 g/mol. The molecule has 2 aromatic rings. The second kappa shape index (κ2) is 4.67. The number of carbonyl (C=O) groups excluding carboxylic acids is 1. The number of nitrogens with one attached hydrogen (secondary N) is 1. The standard InChI is InChI=1S/C13H14FNO2/c1-3-15-8(2)13(16)9-4-5-12-10(6-9)11(14)7-17-12/h4-8,15H,3H2,1-2H3/t8-/m0/s1. The number of likely N-dealkylation sites (N-methyl/N-ethyl adjacent to an activating group) is 1. The number of hydrogen-bond acceptors (Lipinski definition) is 3. The van der Waals surface area contributed by atoms with Crippen molar-refractivity contribution >= 4 is 16.8 Å². The Labute approximate surface area is 98.6 Å². The van der Waals surface area contributed by atoms with Crippen molar-refractivity contribution in [3.8, 4) is 0 Å². The number of ketones is 1. The van der Waals surface area contributed by atoms with Crippen LogP contribution in [-0.2, 0) is 0 Å². The van der Waals surface area contributed by atoms with E-state index in [1.54, 1.807) is 19.1 Å². The molecule has 0 spiro atoms. The van der Waals surface area contributed by atoms with Gasteiger partial charge in [-0.25, -0.2) is 4.39 Å². The van der Waals surface area contributed by atoms with Crippen LogP contribution in [0.15, 0.2) is 28.9 Å². The molecular formula is C13H14FNO2. The smallest absolute Gasteiger partial charge is 0.179 e. The van der Waals surface area contributed by atoms with E-state index in [4.69, 9.17) is 4.42 Å². The number of Topliss-reactive ketones (excluding diaryl/α,β-unsaturated/α-hetero) is 1. The third-order valence-corrected chi connectivity index (χ3v) is 2.71. The molecule has 1 heterocycles. The van der Waals surface area contributed by atoms with Gasteiger partial charge in [-0.05, 0) is 31.7 Å². The zero-order valence-corrected chi connectivity index (χ0v) is 9.79. The van der Waals surface area contributed by atoms with Crippen LogP contribution in [0.1, 0.15) is 24.2 Å². The first-order valence-electron chi connectivity index (χ1n) is 5.58. The molecule has 0 aliphatic carbocycles. The lowest BCUT2D eigenvalue weighted by atomic mass is 10.0. The molecule has 3 nitrogen and oxygen atoms in total. The zero-order valence-electron chi connectivity index (χ0n) is 9.79. The van der Waals surface area contributed by atoms with Crippen LogP contribution in [0.4, 0.5) is 4.39 Å². The van der Waals surface area contributed by atoms with Crippen LogP contribution in [0.5, 0.6) is 0 Å². The Morgan fingerprint density at radius 3 is 3.00 bits per heavy atom. The van der Waals surface area contributed by atoms with Crippen LogP contribution in [0, 0.1) is 5.82 Å². The summed E-state index contributed by atoms with van der Waals surface area (Å²) in [5.41, 5.74) is 0.946. The molecule has 1 aromatic heterocycles. The molecule has 0 radical (unpaired) electrons. The quantitative estimate of drug-likeness (QED) is 0.828. The molecule has 1 aromatic carbocycles. The van der Waals surface area contributed by atoms with Gasteiger partial charge >= 0.3 is 0 Å². The van der Waals surface area contributed by atoms with Crippen LogP contribution in [0.25, 0.3) is 11.0 Å². The Bertz CT molecular complexity index is 547. The van der Waals surface area contributed by atoms with Gasteiger partial charge in [0.25, 0.3) is 0 Å². The Morgan fingerprint density at radius 2 is 2.29 bits per heavy atom. The summed E-state index contributed by atoms with van der Waals surface area (Å²) in [5, 5.41) is 3.38. The minimum atomic E-state index is -0.439. The van der Waals surface area contributed by atoms with Crippen molar-refractivity contribution < 1.29 is 13.6 Å². The summed E-state index contributed by atoms with van der Waals surface area (Å²) in [6.07, 6.45) is 1.05. The summed E-state index contributed by atoms with van der Waals surface area (Å²) in [4.78, 5) is 12.0. The Kier molecular flexibility index (Phi) is 3.24. The highest BCUT2D eigenvalue weighted by molar-refractivity contribution is 6.02. The van der Waals surface area contributed by atoms with E-state index in [0.29, 0.717) is 16.5 Å². The summed E-state index contributed by atoms with van der Waals surface area (Å²) in [5.74, 6) is -0.486. The number of fused-ring (bicyclic) bond motifs is 1. The van der Waals surface area contributed by atoms with Gasteiger partial charge in [0.1, 0.15) is 11.8 Å². The minimum absolute atomic E-state index is 0.0469. The van der Waals surface area contributed by atoms with Gasteiger partial charge in [0.05, 0.1) is 11.4 Å². The van der Waals surface area contributed by atoms with E-state index in [1.165, 1.54) is 6.07 Å². The maximum absolute atomic E-state index is 13.3. The summed E-state index contributed by atoms with van der Waals surface area (Å²) in [6.45, 7) is 4.44. The molecule has 0 aliphatic rings. The SMILES string of the molecule is CCN[C@@H](C)C(=O)c1ccc2occ(F)c2c1.